The average Bonchev–Trinajstić information content (AvgIpc) is 1.66. The summed E-state index contributed by atoms with van der Waals surface area (Å²) in [5.74, 6) is 0.698. The molecule has 0 atom stereocenters. The van der Waals surface area contributed by atoms with E-state index in [9.17, 15) is 0 Å². The summed E-state index contributed by atoms with van der Waals surface area (Å²) >= 11 is 5.40. The second-order valence-corrected chi connectivity index (χ2v) is 2.10. The third-order valence-corrected chi connectivity index (χ3v) is 0.896. The molecule has 0 aliphatic heterocycles. The molecule has 8 heavy (non-hydrogen) atoms. The quantitative estimate of drug-likeness (QED) is 0.407. The third kappa shape index (κ3) is 5.77. The molecule has 0 aromatic carbocycles. The molecule has 46 valence electrons. The van der Waals surface area contributed by atoms with Gasteiger partial charge in [0.15, 0.2) is 0 Å². The molecular weight excluding hydrogens is 120 g/mol. The van der Waals surface area contributed by atoms with E-state index in [1.54, 1.807) is 0 Å². The molecule has 0 amide bonds. The summed E-state index contributed by atoms with van der Waals surface area (Å²) in [4.78, 5) is 0. The van der Waals surface area contributed by atoms with Gasteiger partial charge in [0.25, 0.3) is 0 Å². The fourth-order valence-corrected chi connectivity index (χ4v) is 0.474. The average molecular weight is 131 g/mol. The molecule has 1 heteroatoms. The van der Waals surface area contributed by atoms with E-state index in [1.165, 1.54) is 0 Å². The highest BCUT2D eigenvalue weighted by atomic mass is 35.5. The van der Waals surface area contributed by atoms with Gasteiger partial charge >= 0.3 is 0 Å². The first kappa shape index (κ1) is 7.77. The number of alkyl halides is 1. The van der Waals surface area contributed by atoms with E-state index in [4.69, 9.17) is 11.6 Å². The Morgan fingerprint density at radius 3 is 2.75 bits per heavy atom. The van der Waals surface area contributed by atoms with E-state index < -0.39 is 0 Å². The van der Waals surface area contributed by atoms with Crippen LogP contribution in [0, 0.1) is 0 Å². The van der Waals surface area contributed by atoms with Gasteiger partial charge in [0.05, 0.1) is 0 Å². The number of allylic oxidation sites excluding steroid dienone is 3. The molecule has 0 aliphatic rings. The Hall–Kier alpha value is -0.230. The van der Waals surface area contributed by atoms with Crippen LogP contribution in [0.4, 0.5) is 0 Å². The number of hydrogen-bond acceptors (Lipinski definition) is 0. The molecule has 0 N–H and O–H groups in total. The zero-order valence-corrected chi connectivity index (χ0v) is 5.91. The van der Waals surface area contributed by atoms with E-state index in [0.29, 0.717) is 5.88 Å². The lowest BCUT2D eigenvalue weighted by atomic mass is 10.3. The molecule has 0 aromatic rings. The maximum atomic E-state index is 5.40. The highest BCUT2D eigenvalue weighted by Gasteiger charge is 1.73. The summed E-state index contributed by atoms with van der Waals surface area (Å²) in [6.45, 7) is 5.66. The molecule has 0 aromatic heterocycles. The molecule has 0 nitrogen and oxygen atoms in total. The number of rotatable bonds is 3. The smallest absolute Gasteiger partial charge is 0.0258 e. The molecule has 0 radical (unpaired) electrons. The van der Waals surface area contributed by atoms with Crippen LogP contribution in [-0.2, 0) is 0 Å². The lowest BCUT2D eigenvalue weighted by Gasteiger charge is -1.82. The van der Waals surface area contributed by atoms with Crippen LogP contribution in [0.5, 0.6) is 0 Å². The Morgan fingerprint density at radius 2 is 2.38 bits per heavy atom. The molecule has 0 saturated heterocycles. The molecule has 0 fully saturated rings. The van der Waals surface area contributed by atoms with Crippen molar-refractivity contribution in [2.45, 2.75) is 13.3 Å². The maximum absolute atomic E-state index is 5.40. The molecule has 0 saturated carbocycles. The van der Waals surface area contributed by atoms with E-state index >= 15 is 0 Å². The Kier molecular flexibility index (Phi) is 4.78. The molecule has 0 bridgehead atoms. The minimum Gasteiger partial charge on any atom is -0.126 e. The van der Waals surface area contributed by atoms with Crippen LogP contribution in [0.25, 0.3) is 0 Å². The minimum absolute atomic E-state index is 0.698. The Bertz CT molecular complexity index is 92.6. The SMILES string of the molecule is C=C(C)/C=C/CCCl. The Balaban J connectivity index is 3.20. The van der Waals surface area contributed by atoms with E-state index in [-0.39, 0.29) is 0 Å². The second-order valence-electron chi connectivity index (χ2n) is 1.73. The van der Waals surface area contributed by atoms with E-state index in [1.807, 2.05) is 19.1 Å². The molecule has 0 heterocycles. The van der Waals surface area contributed by atoms with Crippen LogP contribution in [0.15, 0.2) is 24.3 Å². The summed E-state index contributed by atoms with van der Waals surface area (Å²) in [6.07, 6.45) is 4.94. The largest absolute Gasteiger partial charge is 0.126 e. The topological polar surface area (TPSA) is 0 Å². The molecule has 0 spiro atoms. The normalized spacial score (nSPS) is 10.2. The van der Waals surface area contributed by atoms with E-state index in [2.05, 4.69) is 6.58 Å². The van der Waals surface area contributed by atoms with Gasteiger partial charge in [-0.05, 0) is 13.3 Å². The fourth-order valence-electron chi connectivity index (χ4n) is 0.348. The number of halogens is 1. The van der Waals surface area contributed by atoms with Crippen molar-refractivity contribution < 1.29 is 0 Å². The summed E-state index contributed by atoms with van der Waals surface area (Å²) < 4.78 is 0. The van der Waals surface area contributed by atoms with Crippen LogP contribution in [-0.4, -0.2) is 5.88 Å². The summed E-state index contributed by atoms with van der Waals surface area (Å²) in [5.41, 5.74) is 1.08. The van der Waals surface area contributed by atoms with Gasteiger partial charge in [-0.3, -0.25) is 0 Å². The van der Waals surface area contributed by atoms with Crippen molar-refractivity contribution in [2.75, 3.05) is 5.88 Å². The first-order valence-corrected chi connectivity index (χ1v) is 3.19. The summed E-state index contributed by atoms with van der Waals surface area (Å²) in [6, 6.07) is 0. The molecule has 0 rings (SSSR count). The molecule has 0 aliphatic carbocycles. The van der Waals surface area contributed by atoms with Crippen molar-refractivity contribution in [2.24, 2.45) is 0 Å². The van der Waals surface area contributed by atoms with Crippen molar-refractivity contribution >= 4 is 11.6 Å². The zero-order chi connectivity index (χ0) is 6.41. The van der Waals surface area contributed by atoms with Crippen LogP contribution in [0.1, 0.15) is 13.3 Å². The van der Waals surface area contributed by atoms with Crippen LogP contribution in [0.3, 0.4) is 0 Å². The van der Waals surface area contributed by atoms with Gasteiger partial charge in [-0.15, -0.1) is 11.6 Å². The molecular formula is C7H11Cl. The van der Waals surface area contributed by atoms with Gasteiger partial charge in [0, 0.05) is 5.88 Å². The van der Waals surface area contributed by atoms with Crippen molar-refractivity contribution in [3.05, 3.63) is 24.3 Å². The Labute approximate surface area is 55.9 Å². The van der Waals surface area contributed by atoms with Crippen molar-refractivity contribution in [3.63, 3.8) is 0 Å². The third-order valence-electron chi connectivity index (χ3n) is 0.678. The Morgan fingerprint density at radius 1 is 1.75 bits per heavy atom. The second kappa shape index (κ2) is 4.92. The van der Waals surface area contributed by atoms with Crippen molar-refractivity contribution in [3.8, 4) is 0 Å². The summed E-state index contributed by atoms with van der Waals surface area (Å²) in [7, 11) is 0. The van der Waals surface area contributed by atoms with Gasteiger partial charge in [-0.1, -0.05) is 24.3 Å². The lowest BCUT2D eigenvalue weighted by Crippen LogP contribution is -1.66. The number of hydrogen-bond donors (Lipinski definition) is 0. The lowest BCUT2D eigenvalue weighted by molar-refractivity contribution is 1.23. The van der Waals surface area contributed by atoms with Gasteiger partial charge < -0.3 is 0 Å². The summed E-state index contributed by atoms with van der Waals surface area (Å²) in [5, 5.41) is 0. The zero-order valence-electron chi connectivity index (χ0n) is 5.15. The van der Waals surface area contributed by atoms with Crippen molar-refractivity contribution in [1.82, 2.24) is 0 Å². The van der Waals surface area contributed by atoms with Crippen LogP contribution >= 0.6 is 11.6 Å². The first-order valence-electron chi connectivity index (χ1n) is 2.65. The standard InChI is InChI=1S/C7H11Cl/c1-7(2)5-3-4-6-8/h3,5H,1,4,6H2,2H3/b5-3+. The predicted molar refractivity (Wildman–Crippen MR) is 39.3 cm³/mol. The van der Waals surface area contributed by atoms with Crippen LogP contribution in [0.2, 0.25) is 0 Å². The van der Waals surface area contributed by atoms with E-state index in [0.717, 1.165) is 12.0 Å². The van der Waals surface area contributed by atoms with Gasteiger partial charge in [0.2, 0.25) is 0 Å². The highest BCUT2D eigenvalue weighted by molar-refractivity contribution is 6.17. The minimum atomic E-state index is 0.698. The van der Waals surface area contributed by atoms with Gasteiger partial charge in [-0.2, -0.15) is 0 Å². The predicted octanol–water partition coefficient (Wildman–Crippen LogP) is 2.75. The van der Waals surface area contributed by atoms with Crippen LogP contribution < -0.4 is 0 Å². The highest BCUT2D eigenvalue weighted by Crippen LogP contribution is 1.92. The first-order chi connectivity index (χ1) is 3.77. The maximum Gasteiger partial charge on any atom is 0.0258 e. The van der Waals surface area contributed by atoms with Gasteiger partial charge in [-0.25, -0.2) is 0 Å². The monoisotopic (exact) mass is 130 g/mol. The van der Waals surface area contributed by atoms with Gasteiger partial charge in [0.1, 0.15) is 0 Å². The fraction of sp³-hybridized carbons (Fsp3) is 0.429. The van der Waals surface area contributed by atoms with Crippen molar-refractivity contribution in [1.29, 1.82) is 0 Å². The molecule has 0 unspecified atom stereocenters.